The highest BCUT2D eigenvalue weighted by Gasteiger charge is 2.10. The number of halogens is 1. The second-order valence-electron chi connectivity index (χ2n) is 3.69. The Labute approximate surface area is 110 Å². The predicted molar refractivity (Wildman–Crippen MR) is 70.3 cm³/mol. The summed E-state index contributed by atoms with van der Waals surface area (Å²) in [7, 11) is 1.55. The first-order chi connectivity index (χ1) is 8.55. The first kappa shape index (κ1) is 12.9. The summed E-state index contributed by atoms with van der Waals surface area (Å²) in [5, 5.41) is 0. The van der Waals surface area contributed by atoms with E-state index in [2.05, 4.69) is 0 Å². The molecule has 3 nitrogen and oxygen atoms in total. The van der Waals surface area contributed by atoms with Crippen LogP contribution in [0.1, 0.15) is 5.56 Å². The van der Waals surface area contributed by atoms with E-state index in [1.54, 1.807) is 12.1 Å². The van der Waals surface area contributed by atoms with E-state index in [-0.39, 0.29) is 4.90 Å². The van der Waals surface area contributed by atoms with Gasteiger partial charge in [0.1, 0.15) is 12.4 Å². The molecule has 2 rings (SSSR count). The first-order valence-electron chi connectivity index (χ1n) is 5.27. The standard InChI is InChI=1S/C13H11ClO3S/c14-18(15,16)13-8-4-7-12(9-13)17-10-11-5-2-1-3-6-11/h1-9H,10H2. The zero-order valence-electron chi connectivity index (χ0n) is 9.41. The predicted octanol–water partition coefficient (Wildman–Crippen LogP) is 3.19. The van der Waals surface area contributed by atoms with Gasteiger partial charge in [0.2, 0.25) is 0 Å². The van der Waals surface area contributed by atoms with E-state index in [9.17, 15) is 8.42 Å². The van der Waals surface area contributed by atoms with E-state index in [0.717, 1.165) is 5.56 Å². The normalized spacial score (nSPS) is 11.2. The SMILES string of the molecule is O=S(=O)(Cl)c1cccc(OCc2ccccc2)c1. The minimum atomic E-state index is -3.72. The summed E-state index contributed by atoms with van der Waals surface area (Å²) in [6.45, 7) is 0.382. The van der Waals surface area contributed by atoms with Gasteiger partial charge >= 0.3 is 0 Å². The minimum Gasteiger partial charge on any atom is -0.489 e. The van der Waals surface area contributed by atoms with Crippen LogP contribution in [-0.2, 0) is 15.7 Å². The van der Waals surface area contributed by atoms with Gasteiger partial charge in [0.25, 0.3) is 9.05 Å². The molecule has 0 saturated heterocycles. The van der Waals surface area contributed by atoms with Gasteiger partial charge in [-0.2, -0.15) is 0 Å². The third-order valence-electron chi connectivity index (χ3n) is 2.34. The molecule has 94 valence electrons. The first-order valence-corrected chi connectivity index (χ1v) is 7.58. The number of hydrogen-bond donors (Lipinski definition) is 0. The third-order valence-corrected chi connectivity index (χ3v) is 3.69. The van der Waals surface area contributed by atoms with Gasteiger partial charge < -0.3 is 4.74 Å². The highest BCUT2D eigenvalue weighted by Crippen LogP contribution is 2.21. The average Bonchev–Trinajstić information content (AvgIpc) is 2.37. The van der Waals surface area contributed by atoms with Crippen LogP contribution in [0.5, 0.6) is 5.75 Å². The van der Waals surface area contributed by atoms with Gasteiger partial charge in [0.05, 0.1) is 4.90 Å². The highest BCUT2D eigenvalue weighted by molar-refractivity contribution is 8.13. The Morgan fingerprint density at radius 1 is 1.00 bits per heavy atom. The number of rotatable bonds is 4. The third kappa shape index (κ3) is 3.48. The molecule has 0 aliphatic heterocycles. The quantitative estimate of drug-likeness (QED) is 0.809. The van der Waals surface area contributed by atoms with Crippen molar-refractivity contribution in [3.63, 3.8) is 0 Å². The van der Waals surface area contributed by atoms with Gasteiger partial charge in [0.15, 0.2) is 0 Å². The Kier molecular flexibility index (Phi) is 3.89. The topological polar surface area (TPSA) is 43.4 Å². The molecule has 0 bridgehead atoms. The summed E-state index contributed by atoms with van der Waals surface area (Å²) in [4.78, 5) is 0.0368. The monoisotopic (exact) mass is 282 g/mol. The summed E-state index contributed by atoms with van der Waals surface area (Å²) < 4.78 is 27.8. The molecule has 2 aromatic carbocycles. The van der Waals surface area contributed by atoms with E-state index in [1.165, 1.54) is 12.1 Å². The van der Waals surface area contributed by atoms with Crippen molar-refractivity contribution in [2.45, 2.75) is 11.5 Å². The van der Waals surface area contributed by atoms with Crippen molar-refractivity contribution >= 4 is 19.7 Å². The molecule has 0 aliphatic rings. The van der Waals surface area contributed by atoms with Crippen LogP contribution >= 0.6 is 10.7 Å². The van der Waals surface area contributed by atoms with Crippen molar-refractivity contribution in [3.05, 3.63) is 60.2 Å². The Bertz CT molecular complexity index is 624. The molecule has 2 aromatic rings. The average molecular weight is 283 g/mol. The van der Waals surface area contributed by atoms with Crippen molar-refractivity contribution in [3.8, 4) is 5.75 Å². The summed E-state index contributed by atoms with van der Waals surface area (Å²) in [5.74, 6) is 0.473. The smallest absolute Gasteiger partial charge is 0.261 e. The number of ether oxygens (including phenoxy) is 1. The minimum absolute atomic E-state index is 0.0368. The molecule has 0 saturated carbocycles. The van der Waals surface area contributed by atoms with Crippen LogP contribution in [0.3, 0.4) is 0 Å². The zero-order valence-corrected chi connectivity index (χ0v) is 11.0. The van der Waals surface area contributed by atoms with Gasteiger partial charge in [-0.15, -0.1) is 0 Å². The van der Waals surface area contributed by atoms with E-state index in [1.807, 2.05) is 30.3 Å². The molecule has 5 heteroatoms. The Balaban J connectivity index is 2.11. The molecule has 0 atom stereocenters. The lowest BCUT2D eigenvalue weighted by Gasteiger charge is -2.06. The molecule has 0 amide bonds. The van der Waals surface area contributed by atoms with E-state index >= 15 is 0 Å². The summed E-state index contributed by atoms with van der Waals surface area (Å²) >= 11 is 0. The fraction of sp³-hybridized carbons (Fsp3) is 0.0769. The molecule has 0 radical (unpaired) electrons. The van der Waals surface area contributed by atoms with Crippen LogP contribution in [-0.4, -0.2) is 8.42 Å². The molecule has 18 heavy (non-hydrogen) atoms. The van der Waals surface area contributed by atoms with Crippen molar-refractivity contribution in [1.29, 1.82) is 0 Å². The lowest BCUT2D eigenvalue weighted by atomic mass is 10.2. The molecular weight excluding hydrogens is 272 g/mol. The Morgan fingerprint density at radius 2 is 1.72 bits per heavy atom. The largest absolute Gasteiger partial charge is 0.489 e. The van der Waals surface area contributed by atoms with Gasteiger partial charge in [0, 0.05) is 16.7 Å². The fourth-order valence-corrected chi connectivity index (χ4v) is 2.24. The van der Waals surface area contributed by atoms with Crippen molar-refractivity contribution in [1.82, 2.24) is 0 Å². The molecule has 0 N–H and O–H groups in total. The van der Waals surface area contributed by atoms with Gasteiger partial charge in [-0.25, -0.2) is 8.42 Å². The Hall–Kier alpha value is -1.52. The second kappa shape index (κ2) is 5.42. The van der Waals surface area contributed by atoms with Gasteiger partial charge in [-0.05, 0) is 17.7 Å². The van der Waals surface area contributed by atoms with Crippen LogP contribution in [0.4, 0.5) is 0 Å². The highest BCUT2D eigenvalue weighted by atomic mass is 35.7. The molecule has 0 heterocycles. The molecule has 0 aromatic heterocycles. The molecule has 0 aliphatic carbocycles. The van der Waals surface area contributed by atoms with E-state index in [4.69, 9.17) is 15.4 Å². The van der Waals surface area contributed by atoms with Gasteiger partial charge in [-0.1, -0.05) is 36.4 Å². The lowest BCUT2D eigenvalue weighted by molar-refractivity contribution is 0.305. The van der Waals surface area contributed by atoms with Crippen LogP contribution in [0.25, 0.3) is 0 Å². The van der Waals surface area contributed by atoms with Crippen LogP contribution in [0, 0.1) is 0 Å². The Morgan fingerprint density at radius 3 is 2.39 bits per heavy atom. The van der Waals surface area contributed by atoms with Gasteiger partial charge in [-0.3, -0.25) is 0 Å². The molecular formula is C13H11ClO3S. The van der Waals surface area contributed by atoms with E-state index < -0.39 is 9.05 Å². The lowest BCUT2D eigenvalue weighted by Crippen LogP contribution is -1.96. The maximum absolute atomic E-state index is 11.2. The number of hydrogen-bond acceptors (Lipinski definition) is 3. The molecule has 0 spiro atoms. The molecule has 0 unspecified atom stereocenters. The van der Waals surface area contributed by atoms with E-state index in [0.29, 0.717) is 12.4 Å². The van der Waals surface area contributed by atoms with Crippen molar-refractivity contribution < 1.29 is 13.2 Å². The fourth-order valence-electron chi connectivity index (χ4n) is 1.46. The summed E-state index contributed by atoms with van der Waals surface area (Å²) in [6.07, 6.45) is 0. The van der Waals surface area contributed by atoms with Crippen LogP contribution in [0.15, 0.2) is 59.5 Å². The second-order valence-corrected chi connectivity index (χ2v) is 6.25. The van der Waals surface area contributed by atoms with Crippen LogP contribution < -0.4 is 4.74 Å². The summed E-state index contributed by atoms with van der Waals surface area (Å²) in [5.41, 5.74) is 1.01. The maximum Gasteiger partial charge on any atom is 0.261 e. The van der Waals surface area contributed by atoms with Crippen molar-refractivity contribution in [2.75, 3.05) is 0 Å². The molecule has 0 fully saturated rings. The van der Waals surface area contributed by atoms with Crippen molar-refractivity contribution in [2.24, 2.45) is 0 Å². The summed E-state index contributed by atoms with van der Waals surface area (Å²) in [6, 6.07) is 15.7. The zero-order chi connectivity index (χ0) is 13.0. The maximum atomic E-state index is 11.2. The number of benzene rings is 2. The van der Waals surface area contributed by atoms with Crippen LogP contribution in [0.2, 0.25) is 0 Å².